The molecule has 2 aromatic rings. The van der Waals surface area contributed by atoms with Crippen molar-refractivity contribution in [3.63, 3.8) is 0 Å². The number of thiazole rings is 1. The molecule has 5 nitrogen and oxygen atoms in total. The molecule has 1 aliphatic rings. The summed E-state index contributed by atoms with van der Waals surface area (Å²) < 4.78 is 0.788. The van der Waals surface area contributed by atoms with Crippen LogP contribution in [0.3, 0.4) is 0 Å². The van der Waals surface area contributed by atoms with Gasteiger partial charge < -0.3 is 10.6 Å². The molecule has 1 aromatic heterocycles. The first-order valence-electron chi connectivity index (χ1n) is 9.91. The fraction of sp³-hybridized carbons (Fsp3) is 0.476. The Kier molecular flexibility index (Phi) is 7.91. The summed E-state index contributed by atoms with van der Waals surface area (Å²) in [6.07, 6.45) is 6.62. The van der Waals surface area contributed by atoms with Gasteiger partial charge in [-0.15, -0.1) is 0 Å². The molecule has 0 aliphatic heterocycles. The molecule has 1 saturated carbocycles. The zero-order valence-electron chi connectivity index (χ0n) is 16.2. The van der Waals surface area contributed by atoms with Crippen LogP contribution in [0.2, 0.25) is 0 Å². The number of benzene rings is 1. The van der Waals surface area contributed by atoms with Gasteiger partial charge in [-0.25, -0.2) is 4.98 Å². The summed E-state index contributed by atoms with van der Waals surface area (Å²) >= 11 is 2.84. The van der Waals surface area contributed by atoms with Crippen LogP contribution in [0.15, 0.2) is 34.7 Å². The van der Waals surface area contributed by atoms with E-state index in [9.17, 15) is 9.59 Å². The first-order chi connectivity index (χ1) is 13.7. The number of nitrogens with one attached hydrogen (secondary N) is 2. The fourth-order valence-electron chi connectivity index (χ4n) is 3.44. The first-order valence-corrected chi connectivity index (χ1v) is 11.7. The van der Waals surface area contributed by atoms with Crippen LogP contribution in [0, 0.1) is 5.92 Å². The van der Waals surface area contributed by atoms with Crippen molar-refractivity contribution in [2.75, 3.05) is 17.6 Å². The summed E-state index contributed by atoms with van der Waals surface area (Å²) in [7, 11) is 0. The second-order valence-corrected chi connectivity index (χ2v) is 9.22. The lowest BCUT2D eigenvalue weighted by Crippen LogP contribution is -2.24. The molecule has 0 radical (unpaired) electrons. The largest absolute Gasteiger partial charge is 0.356 e. The third-order valence-corrected chi connectivity index (χ3v) is 6.98. The van der Waals surface area contributed by atoms with Crippen molar-refractivity contribution in [1.29, 1.82) is 0 Å². The third kappa shape index (κ3) is 6.07. The second kappa shape index (κ2) is 10.6. The van der Waals surface area contributed by atoms with Gasteiger partial charge in [0.1, 0.15) is 10.7 Å². The van der Waals surface area contributed by atoms with E-state index >= 15 is 0 Å². The Morgan fingerprint density at radius 1 is 1.18 bits per heavy atom. The van der Waals surface area contributed by atoms with E-state index in [1.165, 1.54) is 48.8 Å². The topological polar surface area (TPSA) is 71.1 Å². The van der Waals surface area contributed by atoms with E-state index in [1.54, 1.807) is 0 Å². The van der Waals surface area contributed by atoms with Crippen LogP contribution in [0.4, 0.5) is 5.00 Å². The number of aromatic nitrogens is 1. The number of anilines is 1. The van der Waals surface area contributed by atoms with Gasteiger partial charge in [0.05, 0.1) is 5.75 Å². The average Bonchev–Trinajstić information content (AvgIpc) is 3.36. The molecular weight excluding hydrogens is 390 g/mol. The van der Waals surface area contributed by atoms with Crippen molar-refractivity contribution in [3.05, 3.63) is 30.3 Å². The van der Waals surface area contributed by atoms with E-state index in [0.29, 0.717) is 24.6 Å². The summed E-state index contributed by atoms with van der Waals surface area (Å²) in [4.78, 5) is 28.9. The first kappa shape index (κ1) is 20.9. The highest BCUT2D eigenvalue weighted by Crippen LogP contribution is 2.38. The summed E-state index contributed by atoms with van der Waals surface area (Å²) in [5, 5.41) is 6.63. The van der Waals surface area contributed by atoms with Gasteiger partial charge in [0.2, 0.25) is 11.8 Å². The maximum atomic E-state index is 12.5. The van der Waals surface area contributed by atoms with Crippen molar-refractivity contribution in [3.8, 4) is 11.3 Å². The number of hydrogen-bond acceptors (Lipinski definition) is 5. The Morgan fingerprint density at radius 3 is 2.64 bits per heavy atom. The molecule has 3 rings (SSSR count). The molecule has 0 spiro atoms. The number of amides is 2. The Bertz CT molecular complexity index is 786. The van der Waals surface area contributed by atoms with Crippen molar-refractivity contribution in [2.45, 2.75) is 49.8 Å². The van der Waals surface area contributed by atoms with E-state index < -0.39 is 0 Å². The van der Waals surface area contributed by atoms with Crippen molar-refractivity contribution in [1.82, 2.24) is 10.3 Å². The van der Waals surface area contributed by atoms with Crippen LogP contribution in [0.5, 0.6) is 0 Å². The van der Waals surface area contributed by atoms with Gasteiger partial charge in [0.25, 0.3) is 0 Å². The lowest BCUT2D eigenvalue weighted by atomic mass is 10.0. The van der Waals surface area contributed by atoms with Gasteiger partial charge in [0.15, 0.2) is 4.34 Å². The quantitative estimate of drug-likeness (QED) is 0.567. The molecular formula is C21H27N3O2S2. The summed E-state index contributed by atoms with van der Waals surface area (Å²) in [6.45, 7) is 2.52. The number of hydrogen-bond donors (Lipinski definition) is 2. The summed E-state index contributed by atoms with van der Waals surface area (Å²) in [5.74, 6) is 1.06. The van der Waals surface area contributed by atoms with E-state index in [2.05, 4.69) is 15.6 Å². The van der Waals surface area contributed by atoms with Crippen LogP contribution >= 0.6 is 23.1 Å². The van der Waals surface area contributed by atoms with Crippen molar-refractivity contribution < 1.29 is 9.59 Å². The SMILES string of the molecule is CCNC(=O)CSc1nc(-c2ccccc2)c(NC(=O)CCC2CCCC2)s1. The standard InChI is InChI=1S/C21H27N3O2S2/c1-2-22-18(26)14-27-21-24-19(16-10-4-3-5-11-16)20(28-21)23-17(25)13-12-15-8-6-7-9-15/h3-5,10-11,15H,2,6-9,12-14H2,1H3,(H,22,26)(H,23,25). The third-order valence-electron chi connectivity index (χ3n) is 4.86. The molecule has 1 fully saturated rings. The van der Waals surface area contributed by atoms with Gasteiger partial charge >= 0.3 is 0 Å². The average molecular weight is 418 g/mol. The molecule has 0 atom stereocenters. The smallest absolute Gasteiger partial charge is 0.230 e. The Labute approximate surface area is 174 Å². The highest BCUT2D eigenvalue weighted by molar-refractivity contribution is 8.01. The van der Waals surface area contributed by atoms with E-state index in [0.717, 1.165) is 27.0 Å². The maximum absolute atomic E-state index is 12.5. The van der Waals surface area contributed by atoms with E-state index in [-0.39, 0.29) is 11.8 Å². The van der Waals surface area contributed by atoms with Gasteiger partial charge in [-0.05, 0) is 19.3 Å². The maximum Gasteiger partial charge on any atom is 0.230 e. The zero-order chi connectivity index (χ0) is 19.8. The molecule has 2 N–H and O–H groups in total. The van der Waals surface area contributed by atoms with Crippen molar-refractivity contribution >= 4 is 39.9 Å². The molecule has 1 aliphatic carbocycles. The number of carbonyl (C=O) groups excluding carboxylic acids is 2. The Balaban J connectivity index is 1.68. The van der Waals surface area contributed by atoms with Crippen LogP contribution in [0.25, 0.3) is 11.3 Å². The number of carbonyl (C=O) groups is 2. The van der Waals surface area contributed by atoms with Crippen LogP contribution in [0.1, 0.15) is 45.4 Å². The Hall–Kier alpha value is -1.86. The molecule has 1 heterocycles. The van der Waals surface area contributed by atoms with Crippen LogP contribution in [-0.4, -0.2) is 29.1 Å². The number of rotatable bonds is 9. The monoisotopic (exact) mass is 417 g/mol. The normalized spacial score (nSPS) is 14.2. The minimum Gasteiger partial charge on any atom is -0.356 e. The molecule has 28 heavy (non-hydrogen) atoms. The molecule has 1 aromatic carbocycles. The lowest BCUT2D eigenvalue weighted by Gasteiger charge is -2.09. The number of nitrogens with zero attached hydrogens (tertiary/aromatic N) is 1. The molecule has 0 bridgehead atoms. The van der Waals surface area contributed by atoms with Gasteiger partial charge in [-0.1, -0.05) is 79.1 Å². The zero-order valence-corrected chi connectivity index (χ0v) is 17.8. The molecule has 2 amide bonds. The summed E-state index contributed by atoms with van der Waals surface area (Å²) in [6, 6.07) is 9.85. The van der Waals surface area contributed by atoms with E-state index in [1.807, 2.05) is 37.3 Å². The van der Waals surface area contributed by atoms with Gasteiger partial charge in [-0.3, -0.25) is 9.59 Å². The molecule has 150 valence electrons. The Morgan fingerprint density at radius 2 is 1.93 bits per heavy atom. The van der Waals surface area contributed by atoms with E-state index in [4.69, 9.17) is 0 Å². The second-order valence-electron chi connectivity index (χ2n) is 7.00. The van der Waals surface area contributed by atoms with Crippen molar-refractivity contribution in [2.24, 2.45) is 5.92 Å². The van der Waals surface area contributed by atoms with Gasteiger partial charge in [0, 0.05) is 18.5 Å². The minimum atomic E-state index is -0.00823. The highest BCUT2D eigenvalue weighted by Gasteiger charge is 2.19. The highest BCUT2D eigenvalue weighted by atomic mass is 32.2. The minimum absolute atomic E-state index is 0.00823. The molecule has 0 unspecified atom stereocenters. The van der Waals surface area contributed by atoms with Crippen LogP contribution < -0.4 is 10.6 Å². The predicted octanol–water partition coefficient (Wildman–Crippen LogP) is 4.95. The number of thioether (sulfide) groups is 1. The molecule has 0 saturated heterocycles. The fourth-order valence-corrected chi connectivity index (χ4v) is 5.35. The molecule has 7 heteroatoms. The predicted molar refractivity (Wildman–Crippen MR) is 117 cm³/mol. The summed E-state index contributed by atoms with van der Waals surface area (Å²) in [5.41, 5.74) is 1.74. The lowest BCUT2D eigenvalue weighted by molar-refractivity contribution is -0.118. The van der Waals surface area contributed by atoms with Crippen LogP contribution in [-0.2, 0) is 9.59 Å². The van der Waals surface area contributed by atoms with Gasteiger partial charge in [-0.2, -0.15) is 0 Å².